The smallest absolute Gasteiger partial charge is 0.356 e. The van der Waals surface area contributed by atoms with E-state index in [-0.39, 0.29) is 24.1 Å². The molecule has 1 aliphatic heterocycles. The molecule has 7 heteroatoms. The van der Waals surface area contributed by atoms with Crippen LogP contribution in [0.1, 0.15) is 36.1 Å². The van der Waals surface area contributed by atoms with Crippen LogP contribution in [-0.4, -0.2) is 46.6 Å². The quantitative estimate of drug-likeness (QED) is 0.811. The van der Waals surface area contributed by atoms with Crippen molar-refractivity contribution in [1.82, 2.24) is 15.3 Å². The van der Waals surface area contributed by atoms with Gasteiger partial charge in [-0.05, 0) is 0 Å². The van der Waals surface area contributed by atoms with Gasteiger partial charge in [0.15, 0.2) is 5.69 Å². The predicted molar refractivity (Wildman–Crippen MR) is 68.3 cm³/mol. The van der Waals surface area contributed by atoms with Gasteiger partial charge in [-0.15, -0.1) is 0 Å². The van der Waals surface area contributed by atoms with Gasteiger partial charge >= 0.3 is 5.97 Å². The number of rotatable bonds is 3. The highest BCUT2D eigenvalue weighted by Crippen LogP contribution is 2.21. The third-order valence-corrected chi connectivity index (χ3v) is 2.89. The van der Waals surface area contributed by atoms with Gasteiger partial charge in [0.05, 0.1) is 18.4 Å². The van der Waals surface area contributed by atoms with Gasteiger partial charge in [0.2, 0.25) is 5.91 Å². The van der Waals surface area contributed by atoms with E-state index < -0.39 is 5.97 Å². The molecular weight excluding hydrogens is 248 g/mol. The Morgan fingerprint density at radius 2 is 2.26 bits per heavy atom. The number of anilines is 1. The number of carbonyl (C=O) groups is 2. The van der Waals surface area contributed by atoms with Gasteiger partial charge in [-0.25, -0.2) is 14.8 Å². The summed E-state index contributed by atoms with van der Waals surface area (Å²) in [7, 11) is 0. The predicted octanol–water partition coefficient (Wildman–Crippen LogP) is 0.234. The Morgan fingerprint density at radius 3 is 2.84 bits per heavy atom. The summed E-state index contributed by atoms with van der Waals surface area (Å²) in [5.74, 6) is -0.694. The lowest BCUT2D eigenvalue weighted by Crippen LogP contribution is -2.48. The molecule has 0 saturated carbocycles. The number of aromatic carboxylic acids is 1. The summed E-state index contributed by atoms with van der Waals surface area (Å²) in [6, 6.07) is 0. The summed E-state index contributed by atoms with van der Waals surface area (Å²) in [4.78, 5) is 32.6. The summed E-state index contributed by atoms with van der Waals surface area (Å²) in [5, 5.41) is 11.9. The summed E-state index contributed by atoms with van der Waals surface area (Å²) in [6.07, 6.45) is 1.49. The molecule has 19 heavy (non-hydrogen) atoms. The van der Waals surface area contributed by atoms with Gasteiger partial charge in [-0.1, -0.05) is 13.8 Å². The highest BCUT2D eigenvalue weighted by molar-refractivity contribution is 5.93. The van der Waals surface area contributed by atoms with Crippen molar-refractivity contribution in [2.75, 3.05) is 24.5 Å². The molecular formula is C12H16N4O3. The molecule has 1 aromatic rings. The second-order valence-corrected chi connectivity index (χ2v) is 4.69. The molecule has 0 unspecified atom stereocenters. The van der Waals surface area contributed by atoms with Gasteiger partial charge in [-0.3, -0.25) is 4.79 Å². The minimum absolute atomic E-state index is 0.0478. The molecule has 2 rings (SSSR count). The number of nitrogens with one attached hydrogen (secondary N) is 1. The Labute approximate surface area is 110 Å². The average molecular weight is 264 g/mol. The molecule has 1 aliphatic rings. The topological polar surface area (TPSA) is 95.4 Å². The Hall–Kier alpha value is -2.18. The SMILES string of the molecule is CC(C)c1ncc(N2CCNC(=O)C2)c(C(=O)O)n1. The van der Waals surface area contributed by atoms with Gasteiger partial charge in [0.1, 0.15) is 5.82 Å². The fourth-order valence-electron chi connectivity index (χ4n) is 1.90. The Bertz CT molecular complexity index is 516. The number of piperazine rings is 1. The number of carboxylic acids is 1. The summed E-state index contributed by atoms with van der Waals surface area (Å²) in [5.41, 5.74) is 0.347. The van der Waals surface area contributed by atoms with Crippen LogP contribution in [0, 0.1) is 0 Å². The number of carbonyl (C=O) groups excluding carboxylic acids is 1. The number of carboxylic acid groups (broad SMARTS) is 1. The van der Waals surface area contributed by atoms with E-state index in [1.54, 1.807) is 4.90 Å². The van der Waals surface area contributed by atoms with Crippen LogP contribution in [0.25, 0.3) is 0 Å². The van der Waals surface area contributed by atoms with Crippen molar-refractivity contribution < 1.29 is 14.7 Å². The van der Waals surface area contributed by atoms with Crippen LogP contribution in [0.5, 0.6) is 0 Å². The van der Waals surface area contributed by atoms with E-state index in [4.69, 9.17) is 0 Å². The average Bonchev–Trinajstić information content (AvgIpc) is 2.37. The molecule has 7 nitrogen and oxygen atoms in total. The van der Waals surface area contributed by atoms with Crippen molar-refractivity contribution in [3.8, 4) is 0 Å². The molecule has 0 atom stereocenters. The maximum absolute atomic E-state index is 11.4. The van der Waals surface area contributed by atoms with Gasteiger partial charge in [-0.2, -0.15) is 0 Å². The lowest BCUT2D eigenvalue weighted by atomic mass is 10.2. The maximum Gasteiger partial charge on any atom is 0.356 e. The second-order valence-electron chi connectivity index (χ2n) is 4.69. The summed E-state index contributed by atoms with van der Waals surface area (Å²) >= 11 is 0. The van der Waals surface area contributed by atoms with E-state index in [1.165, 1.54) is 6.20 Å². The number of nitrogens with zero attached hydrogens (tertiary/aromatic N) is 3. The zero-order valence-electron chi connectivity index (χ0n) is 10.9. The second kappa shape index (κ2) is 5.21. The number of aromatic nitrogens is 2. The van der Waals surface area contributed by atoms with Crippen molar-refractivity contribution in [2.24, 2.45) is 0 Å². The van der Waals surface area contributed by atoms with Crippen molar-refractivity contribution in [1.29, 1.82) is 0 Å². The van der Waals surface area contributed by atoms with E-state index in [0.29, 0.717) is 24.6 Å². The zero-order valence-corrected chi connectivity index (χ0v) is 10.9. The number of hydrogen-bond acceptors (Lipinski definition) is 5. The Morgan fingerprint density at radius 1 is 1.53 bits per heavy atom. The Kier molecular flexibility index (Phi) is 3.64. The first-order valence-corrected chi connectivity index (χ1v) is 6.11. The first kappa shape index (κ1) is 13.3. The minimum atomic E-state index is -1.11. The fraction of sp³-hybridized carbons (Fsp3) is 0.500. The van der Waals surface area contributed by atoms with E-state index in [9.17, 15) is 14.7 Å². The van der Waals surface area contributed by atoms with Gasteiger partial charge in [0, 0.05) is 19.0 Å². The van der Waals surface area contributed by atoms with E-state index >= 15 is 0 Å². The normalized spacial score (nSPS) is 15.5. The number of amides is 1. The largest absolute Gasteiger partial charge is 0.476 e. The molecule has 0 aromatic carbocycles. The highest BCUT2D eigenvalue weighted by Gasteiger charge is 2.24. The van der Waals surface area contributed by atoms with Gasteiger partial charge in [0.25, 0.3) is 0 Å². The molecule has 2 N–H and O–H groups in total. The summed E-state index contributed by atoms with van der Waals surface area (Å²) < 4.78 is 0. The van der Waals surface area contributed by atoms with Crippen LogP contribution in [0.3, 0.4) is 0 Å². The van der Waals surface area contributed by atoms with Crippen LogP contribution >= 0.6 is 0 Å². The molecule has 1 fully saturated rings. The molecule has 0 aliphatic carbocycles. The van der Waals surface area contributed by atoms with Crippen molar-refractivity contribution in [3.63, 3.8) is 0 Å². The fourth-order valence-corrected chi connectivity index (χ4v) is 1.90. The molecule has 102 valence electrons. The Balaban J connectivity index is 2.38. The zero-order chi connectivity index (χ0) is 14.0. The van der Waals surface area contributed by atoms with Crippen molar-refractivity contribution >= 4 is 17.6 Å². The van der Waals surface area contributed by atoms with E-state index in [1.807, 2.05) is 13.8 Å². The van der Waals surface area contributed by atoms with Crippen molar-refractivity contribution in [3.05, 3.63) is 17.7 Å². The third-order valence-electron chi connectivity index (χ3n) is 2.89. The molecule has 2 heterocycles. The maximum atomic E-state index is 11.4. The molecule has 0 spiro atoms. The molecule has 1 amide bonds. The van der Waals surface area contributed by atoms with Crippen molar-refractivity contribution in [2.45, 2.75) is 19.8 Å². The highest BCUT2D eigenvalue weighted by atomic mass is 16.4. The molecule has 0 bridgehead atoms. The lowest BCUT2D eigenvalue weighted by molar-refractivity contribution is -0.120. The molecule has 1 aromatic heterocycles. The standard InChI is InChI=1S/C12H16N4O3/c1-7(2)11-14-5-8(10(15-11)12(18)19)16-4-3-13-9(17)6-16/h5,7H,3-4,6H2,1-2H3,(H,13,17)(H,18,19). The third kappa shape index (κ3) is 2.81. The van der Waals surface area contributed by atoms with Gasteiger partial charge < -0.3 is 15.3 Å². The van der Waals surface area contributed by atoms with Crippen LogP contribution in [0.2, 0.25) is 0 Å². The van der Waals surface area contributed by atoms with Crippen LogP contribution in [0.15, 0.2) is 6.20 Å². The lowest BCUT2D eigenvalue weighted by Gasteiger charge is -2.29. The van der Waals surface area contributed by atoms with Crippen LogP contribution in [-0.2, 0) is 4.79 Å². The van der Waals surface area contributed by atoms with E-state index in [2.05, 4.69) is 15.3 Å². The first-order chi connectivity index (χ1) is 8.99. The van der Waals surface area contributed by atoms with Crippen LogP contribution in [0.4, 0.5) is 5.69 Å². The van der Waals surface area contributed by atoms with E-state index in [0.717, 1.165) is 0 Å². The minimum Gasteiger partial charge on any atom is -0.476 e. The molecule has 0 radical (unpaired) electrons. The monoisotopic (exact) mass is 264 g/mol. The molecule has 1 saturated heterocycles. The van der Waals surface area contributed by atoms with Crippen LogP contribution < -0.4 is 10.2 Å². The summed E-state index contributed by atoms with van der Waals surface area (Å²) in [6.45, 7) is 4.97. The number of hydrogen-bond donors (Lipinski definition) is 2. The first-order valence-electron chi connectivity index (χ1n) is 6.11.